The molecule has 7 heteroatoms. The number of hydrogen-bond acceptors (Lipinski definition) is 5. The smallest absolute Gasteiger partial charge is 0.295 e. The Morgan fingerprint density at radius 3 is 2.62 bits per heavy atom. The third-order valence-electron chi connectivity index (χ3n) is 4.59. The number of rotatable bonds is 6. The molecule has 1 amide bonds. The Morgan fingerprint density at radius 2 is 1.83 bits per heavy atom. The van der Waals surface area contributed by atoms with Crippen molar-refractivity contribution >= 4 is 11.6 Å². The van der Waals surface area contributed by atoms with Gasteiger partial charge in [0.05, 0.1) is 0 Å². The Kier molecular flexibility index (Phi) is 5.20. The summed E-state index contributed by atoms with van der Waals surface area (Å²) in [6.45, 7) is 2.46. The fraction of sp³-hybridized carbons (Fsp3) is 0.182. The van der Waals surface area contributed by atoms with Crippen LogP contribution in [-0.2, 0) is 13.0 Å². The Labute approximate surface area is 167 Å². The number of pyridine rings is 1. The van der Waals surface area contributed by atoms with Crippen molar-refractivity contribution in [2.24, 2.45) is 0 Å². The normalized spacial score (nSPS) is 11.9. The molecule has 1 aliphatic heterocycles. The van der Waals surface area contributed by atoms with Crippen LogP contribution in [0.15, 0.2) is 65.6 Å². The van der Waals surface area contributed by atoms with Gasteiger partial charge in [0.2, 0.25) is 6.79 Å². The molecular formula is C22H20N2O5. The van der Waals surface area contributed by atoms with E-state index in [0.29, 0.717) is 17.2 Å². The van der Waals surface area contributed by atoms with Gasteiger partial charge in [-0.15, -0.1) is 0 Å². The molecule has 29 heavy (non-hydrogen) atoms. The van der Waals surface area contributed by atoms with Crippen LogP contribution in [0.25, 0.3) is 0 Å². The average molecular weight is 392 g/mol. The molecule has 0 saturated carbocycles. The van der Waals surface area contributed by atoms with Crippen molar-refractivity contribution in [3.63, 3.8) is 0 Å². The molecule has 1 aromatic heterocycles. The molecule has 2 heterocycles. The minimum atomic E-state index is -0.532. The van der Waals surface area contributed by atoms with Gasteiger partial charge in [0.15, 0.2) is 11.5 Å². The monoisotopic (exact) mass is 392 g/mol. The highest BCUT2D eigenvalue weighted by Crippen LogP contribution is 2.34. The van der Waals surface area contributed by atoms with Crippen LogP contribution in [0.5, 0.6) is 11.5 Å². The minimum Gasteiger partial charge on any atom is -0.454 e. The van der Waals surface area contributed by atoms with E-state index in [1.807, 2.05) is 24.3 Å². The molecule has 0 unspecified atom stereocenters. The standard InChI is InChI=1S/C22H20N2O5/c1-2-15-5-7-16(8-6-15)13-29-24-11-3-4-18(22(24)26)21(25)23-17-9-10-19-20(12-17)28-14-27-19/h3-12H,2,13-14H2,1H3,(H,23,25). The largest absolute Gasteiger partial charge is 0.454 e. The molecule has 1 N–H and O–H groups in total. The highest BCUT2D eigenvalue weighted by Gasteiger charge is 2.17. The highest BCUT2D eigenvalue weighted by atomic mass is 16.7. The van der Waals surface area contributed by atoms with Crippen molar-refractivity contribution in [1.82, 2.24) is 4.73 Å². The molecular weight excluding hydrogens is 372 g/mol. The molecule has 0 aliphatic carbocycles. The van der Waals surface area contributed by atoms with Crippen LogP contribution < -0.4 is 25.2 Å². The maximum absolute atomic E-state index is 12.6. The first-order valence-corrected chi connectivity index (χ1v) is 9.28. The van der Waals surface area contributed by atoms with Crippen molar-refractivity contribution in [2.45, 2.75) is 20.0 Å². The van der Waals surface area contributed by atoms with Crippen LogP contribution >= 0.6 is 0 Å². The summed E-state index contributed by atoms with van der Waals surface area (Å²) in [5.41, 5.74) is 2.12. The van der Waals surface area contributed by atoms with E-state index in [9.17, 15) is 9.59 Å². The predicted octanol–water partition coefficient (Wildman–Crippen LogP) is 3.02. The molecule has 0 radical (unpaired) electrons. The number of fused-ring (bicyclic) bond motifs is 1. The van der Waals surface area contributed by atoms with Gasteiger partial charge in [0, 0.05) is 18.0 Å². The fourth-order valence-electron chi connectivity index (χ4n) is 2.94. The van der Waals surface area contributed by atoms with Gasteiger partial charge in [-0.25, -0.2) is 0 Å². The molecule has 0 spiro atoms. The molecule has 2 aromatic carbocycles. The first-order chi connectivity index (χ1) is 14.1. The molecule has 0 fully saturated rings. The van der Waals surface area contributed by atoms with E-state index in [-0.39, 0.29) is 19.0 Å². The van der Waals surface area contributed by atoms with E-state index in [2.05, 4.69) is 12.2 Å². The first kappa shape index (κ1) is 18.6. The summed E-state index contributed by atoms with van der Waals surface area (Å²) in [5, 5.41) is 2.70. The van der Waals surface area contributed by atoms with E-state index < -0.39 is 11.5 Å². The second-order valence-electron chi connectivity index (χ2n) is 6.52. The fourth-order valence-corrected chi connectivity index (χ4v) is 2.94. The van der Waals surface area contributed by atoms with Crippen molar-refractivity contribution in [1.29, 1.82) is 0 Å². The Morgan fingerprint density at radius 1 is 1.07 bits per heavy atom. The number of carbonyl (C=O) groups excluding carboxylic acids is 1. The van der Waals surface area contributed by atoms with E-state index in [4.69, 9.17) is 14.3 Å². The van der Waals surface area contributed by atoms with E-state index in [1.54, 1.807) is 24.3 Å². The second kappa shape index (κ2) is 8.10. The van der Waals surface area contributed by atoms with Gasteiger partial charge < -0.3 is 19.6 Å². The number of aryl methyl sites for hydroxylation is 1. The van der Waals surface area contributed by atoms with Crippen LogP contribution in [0.2, 0.25) is 0 Å². The number of amides is 1. The van der Waals surface area contributed by atoms with Crippen LogP contribution in [-0.4, -0.2) is 17.4 Å². The summed E-state index contributed by atoms with van der Waals surface area (Å²) in [7, 11) is 0. The molecule has 7 nitrogen and oxygen atoms in total. The first-order valence-electron chi connectivity index (χ1n) is 9.28. The van der Waals surface area contributed by atoms with Crippen LogP contribution in [0.3, 0.4) is 0 Å². The summed E-state index contributed by atoms with van der Waals surface area (Å²) in [6, 6.07) is 16.1. The Balaban J connectivity index is 1.46. The van der Waals surface area contributed by atoms with Gasteiger partial charge in [-0.3, -0.25) is 9.59 Å². The molecule has 0 saturated heterocycles. The van der Waals surface area contributed by atoms with Gasteiger partial charge in [0.1, 0.15) is 12.2 Å². The summed E-state index contributed by atoms with van der Waals surface area (Å²) in [6.07, 6.45) is 2.45. The van der Waals surface area contributed by atoms with Crippen molar-refractivity contribution < 1.29 is 19.1 Å². The van der Waals surface area contributed by atoms with Gasteiger partial charge >= 0.3 is 0 Å². The molecule has 3 aromatic rings. The molecule has 148 valence electrons. The topological polar surface area (TPSA) is 78.8 Å². The molecule has 1 aliphatic rings. The zero-order valence-electron chi connectivity index (χ0n) is 15.9. The predicted molar refractivity (Wildman–Crippen MR) is 107 cm³/mol. The summed E-state index contributed by atoms with van der Waals surface area (Å²) >= 11 is 0. The van der Waals surface area contributed by atoms with Gasteiger partial charge in [-0.1, -0.05) is 31.2 Å². The number of carbonyl (C=O) groups is 1. The van der Waals surface area contributed by atoms with E-state index in [1.165, 1.54) is 17.8 Å². The number of aromatic nitrogens is 1. The van der Waals surface area contributed by atoms with Crippen LogP contribution in [0, 0.1) is 0 Å². The molecule has 4 rings (SSSR count). The highest BCUT2D eigenvalue weighted by molar-refractivity contribution is 6.04. The van der Waals surface area contributed by atoms with Crippen molar-refractivity contribution in [3.8, 4) is 11.5 Å². The summed E-state index contributed by atoms with van der Waals surface area (Å²) in [5.74, 6) is 0.634. The van der Waals surface area contributed by atoms with Crippen LogP contribution in [0.1, 0.15) is 28.4 Å². The zero-order valence-corrected chi connectivity index (χ0v) is 15.9. The number of nitrogens with zero attached hydrogens (tertiary/aromatic N) is 1. The quantitative estimate of drug-likeness (QED) is 0.698. The minimum absolute atomic E-state index is 0.0218. The second-order valence-corrected chi connectivity index (χ2v) is 6.52. The Bertz CT molecular complexity index is 1090. The Hall–Kier alpha value is -3.74. The van der Waals surface area contributed by atoms with Gasteiger partial charge in [0.25, 0.3) is 11.5 Å². The zero-order chi connectivity index (χ0) is 20.2. The SMILES string of the molecule is CCc1ccc(COn2cccc(C(=O)Nc3ccc4c(c3)OCO4)c2=O)cc1. The number of ether oxygens (including phenoxy) is 2. The van der Waals surface area contributed by atoms with Gasteiger partial charge in [-0.05, 0) is 41.8 Å². The third-order valence-corrected chi connectivity index (χ3v) is 4.59. The van der Waals surface area contributed by atoms with Crippen LogP contribution in [0.4, 0.5) is 5.69 Å². The molecule has 0 atom stereocenters. The number of nitrogens with one attached hydrogen (secondary N) is 1. The lowest BCUT2D eigenvalue weighted by Crippen LogP contribution is -2.32. The maximum Gasteiger partial charge on any atom is 0.295 e. The third kappa shape index (κ3) is 4.08. The number of benzene rings is 2. The van der Waals surface area contributed by atoms with E-state index >= 15 is 0 Å². The average Bonchev–Trinajstić information content (AvgIpc) is 3.21. The summed E-state index contributed by atoms with van der Waals surface area (Å²) in [4.78, 5) is 30.8. The maximum atomic E-state index is 12.6. The van der Waals surface area contributed by atoms with E-state index in [0.717, 1.165) is 16.7 Å². The lowest BCUT2D eigenvalue weighted by molar-refractivity contribution is 0.0863. The van der Waals surface area contributed by atoms with Crippen molar-refractivity contribution in [2.75, 3.05) is 12.1 Å². The van der Waals surface area contributed by atoms with Crippen molar-refractivity contribution in [3.05, 3.63) is 87.8 Å². The number of anilines is 1. The lowest BCUT2D eigenvalue weighted by Gasteiger charge is -2.11. The number of hydrogen-bond donors (Lipinski definition) is 1. The summed E-state index contributed by atoms with van der Waals surface area (Å²) < 4.78 is 11.6. The molecule has 0 bridgehead atoms. The lowest BCUT2D eigenvalue weighted by atomic mass is 10.1. The van der Waals surface area contributed by atoms with Gasteiger partial charge in [-0.2, -0.15) is 4.73 Å².